The zero-order valence-corrected chi connectivity index (χ0v) is 10.6. The van der Waals surface area contributed by atoms with Crippen molar-refractivity contribution in [3.63, 3.8) is 0 Å². The van der Waals surface area contributed by atoms with E-state index < -0.39 is 17.5 Å². The number of rotatable bonds is 3. The highest BCUT2D eigenvalue weighted by Gasteiger charge is 2.42. The highest BCUT2D eigenvalue weighted by molar-refractivity contribution is 5.76. The Bertz CT molecular complexity index is 464. The van der Waals surface area contributed by atoms with Gasteiger partial charge in [-0.2, -0.15) is 0 Å². The highest BCUT2D eigenvalue weighted by Crippen LogP contribution is 2.35. The van der Waals surface area contributed by atoms with Crippen LogP contribution in [0.4, 0.5) is 4.79 Å². The number of piperidine rings is 1. The molecule has 5 heteroatoms. The molecule has 1 fully saturated rings. The summed E-state index contributed by atoms with van der Waals surface area (Å²) in [6, 6.07) is 9.49. The number of hydrogen-bond acceptors (Lipinski definition) is 2. The lowest BCUT2D eigenvalue weighted by Crippen LogP contribution is -2.47. The van der Waals surface area contributed by atoms with Crippen molar-refractivity contribution in [2.24, 2.45) is 5.41 Å². The van der Waals surface area contributed by atoms with Crippen LogP contribution in [0.15, 0.2) is 30.3 Å². The molecule has 0 aliphatic carbocycles. The third kappa shape index (κ3) is 2.86. The van der Waals surface area contributed by atoms with Crippen molar-refractivity contribution in [3.8, 4) is 0 Å². The van der Waals surface area contributed by atoms with Gasteiger partial charge in [0.2, 0.25) is 0 Å². The standard InChI is InChI=1S/C14H17NO4/c16-12(17)14(10-11-4-2-1-3-5-11)6-8-15(9-7-14)13(18)19/h1-5H,6-10H2,(H,16,17)(H,18,19). The Morgan fingerprint density at radius 2 is 1.68 bits per heavy atom. The van der Waals surface area contributed by atoms with Crippen molar-refractivity contribution in [1.82, 2.24) is 4.90 Å². The summed E-state index contributed by atoms with van der Waals surface area (Å²) >= 11 is 0. The van der Waals surface area contributed by atoms with Crippen LogP contribution in [0.3, 0.4) is 0 Å². The maximum atomic E-state index is 11.6. The van der Waals surface area contributed by atoms with Crippen LogP contribution in [0, 0.1) is 5.41 Å². The monoisotopic (exact) mass is 263 g/mol. The largest absolute Gasteiger partial charge is 0.481 e. The molecule has 0 unspecified atom stereocenters. The lowest BCUT2D eigenvalue weighted by atomic mass is 9.74. The van der Waals surface area contributed by atoms with Crippen LogP contribution < -0.4 is 0 Å². The van der Waals surface area contributed by atoms with E-state index in [9.17, 15) is 14.7 Å². The van der Waals surface area contributed by atoms with Gasteiger partial charge in [0.05, 0.1) is 5.41 Å². The van der Waals surface area contributed by atoms with Gasteiger partial charge in [0.1, 0.15) is 0 Å². The molecule has 0 radical (unpaired) electrons. The lowest BCUT2D eigenvalue weighted by Gasteiger charge is -2.37. The number of nitrogens with zero attached hydrogens (tertiary/aromatic N) is 1. The van der Waals surface area contributed by atoms with Crippen LogP contribution in [0.5, 0.6) is 0 Å². The summed E-state index contributed by atoms with van der Waals surface area (Å²) in [7, 11) is 0. The van der Waals surface area contributed by atoms with E-state index in [1.807, 2.05) is 30.3 Å². The topological polar surface area (TPSA) is 77.8 Å². The number of amides is 1. The number of carboxylic acid groups (broad SMARTS) is 2. The fourth-order valence-corrected chi connectivity index (χ4v) is 2.58. The SMILES string of the molecule is O=C(O)N1CCC(Cc2ccccc2)(C(=O)O)CC1. The third-order valence-corrected chi connectivity index (χ3v) is 3.83. The minimum absolute atomic E-state index is 0.286. The Hall–Kier alpha value is -2.04. The van der Waals surface area contributed by atoms with E-state index in [0.717, 1.165) is 5.56 Å². The minimum Gasteiger partial charge on any atom is -0.481 e. The van der Waals surface area contributed by atoms with Gasteiger partial charge < -0.3 is 15.1 Å². The Balaban J connectivity index is 2.13. The Morgan fingerprint density at radius 1 is 1.11 bits per heavy atom. The van der Waals surface area contributed by atoms with Gasteiger partial charge in [-0.1, -0.05) is 30.3 Å². The summed E-state index contributed by atoms with van der Waals surface area (Å²) in [6.45, 7) is 0.572. The Morgan fingerprint density at radius 3 is 2.16 bits per heavy atom. The van der Waals surface area contributed by atoms with E-state index in [-0.39, 0.29) is 13.1 Å². The molecule has 1 saturated heterocycles. The Labute approximate surface area is 111 Å². The third-order valence-electron chi connectivity index (χ3n) is 3.83. The lowest BCUT2D eigenvalue weighted by molar-refractivity contribution is -0.151. The van der Waals surface area contributed by atoms with Gasteiger partial charge in [-0.3, -0.25) is 4.79 Å². The summed E-state index contributed by atoms with van der Waals surface area (Å²) in [4.78, 5) is 23.7. The Kier molecular flexibility index (Phi) is 3.74. The number of carboxylic acids is 1. The van der Waals surface area contributed by atoms with Gasteiger partial charge in [0.25, 0.3) is 0 Å². The normalized spacial score (nSPS) is 18.0. The van der Waals surface area contributed by atoms with Gasteiger partial charge in [0, 0.05) is 13.1 Å². The molecular weight excluding hydrogens is 246 g/mol. The zero-order valence-electron chi connectivity index (χ0n) is 10.6. The first-order valence-electron chi connectivity index (χ1n) is 6.29. The van der Waals surface area contributed by atoms with Crippen LogP contribution in [0.1, 0.15) is 18.4 Å². The maximum absolute atomic E-state index is 11.6. The molecule has 2 rings (SSSR count). The van der Waals surface area contributed by atoms with Crippen molar-refractivity contribution in [3.05, 3.63) is 35.9 Å². The van der Waals surface area contributed by atoms with E-state index in [4.69, 9.17) is 5.11 Å². The minimum atomic E-state index is -0.973. The molecule has 1 aromatic rings. The fraction of sp³-hybridized carbons (Fsp3) is 0.429. The molecule has 0 saturated carbocycles. The quantitative estimate of drug-likeness (QED) is 0.875. The molecule has 1 aliphatic heterocycles. The molecule has 1 heterocycles. The van der Waals surface area contributed by atoms with E-state index >= 15 is 0 Å². The molecule has 1 aromatic carbocycles. The average Bonchev–Trinajstić information content (AvgIpc) is 2.40. The number of aliphatic carboxylic acids is 1. The second-order valence-corrected chi connectivity index (χ2v) is 5.02. The van der Waals surface area contributed by atoms with Gasteiger partial charge in [0.15, 0.2) is 0 Å². The molecule has 0 bridgehead atoms. The maximum Gasteiger partial charge on any atom is 0.407 e. The number of benzene rings is 1. The smallest absolute Gasteiger partial charge is 0.407 e. The van der Waals surface area contributed by atoms with Crippen LogP contribution in [0.2, 0.25) is 0 Å². The molecule has 0 atom stereocenters. The fourth-order valence-electron chi connectivity index (χ4n) is 2.58. The second kappa shape index (κ2) is 5.30. The first kappa shape index (κ1) is 13.4. The molecule has 0 aromatic heterocycles. The van der Waals surface area contributed by atoms with E-state index in [0.29, 0.717) is 19.3 Å². The summed E-state index contributed by atoms with van der Waals surface area (Å²) in [5.74, 6) is -0.832. The first-order chi connectivity index (χ1) is 9.03. The molecule has 0 spiro atoms. The van der Waals surface area contributed by atoms with Crippen molar-refractivity contribution in [2.45, 2.75) is 19.3 Å². The van der Waals surface area contributed by atoms with Crippen molar-refractivity contribution < 1.29 is 19.8 Å². The van der Waals surface area contributed by atoms with Gasteiger partial charge in [-0.25, -0.2) is 4.79 Å². The summed E-state index contributed by atoms with van der Waals surface area (Å²) in [6.07, 6.45) is 0.211. The molecule has 102 valence electrons. The van der Waals surface area contributed by atoms with Crippen LogP contribution >= 0.6 is 0 Å². The number of likely N-dealkylation sites (tertiary alicyclic amines) is 1. The predicted octanol–water partition coefficient (Wildman–Crippen LogP) is 2.07. The molecule has 1 amide bonds. The van der Waals surface area contributed by atoms with Gasteiger partial charge >= 0.3 is 12.1 Å². The summed E-state index contributed by atoms with van der Waals surface area (Å²) < 4.78 is 0. The first-order valence-corrected chi connectivity index (χ1v) is 6.29. The summed E-state index contributed by atoms with van der Waals surface area (Å²) in [5.41, 5.74) is 0.140. The zero-order chi connectivity index (χ0) is 13.9. The predicted molar refractivity (Wildman–Crippen MR) is 69.0 cm³/mol. The van der Waals surface area contributed by atoms with Crippen molar-refractivity contribution >= 4 is 12.1 Å². The summed E-state index contributed by atoms with van der Waals surface area (Å²) in [5, 5.41) is 18.4. The number of hydrogen-bond donors (Lipinski definition) is 2. The highest BCUT2D eigenvalue weighted by atomic mass is 16.4. The molecule has 2 N–H and O–H groups in total. The molecule has 5 nitrogen and oxygen atoms in total. The average molecular weight is 263 g/mol. The van der Waals surface area contributed by atoms with Crippen LogP contribution in [-0.2, 0) is 11.2 Å². The van der Waals surface area contributed by atoms with Gasteiger partial charge in [-0.05, 0) is 24.8 Å². The van der Waals surface area contributed by atoms with E-state index in [2.05, 4.69) is 0 Å². The number of carbonyl (C=O) groups is 2. The molecular formula is C14H17NO4. The van der Waals surface area contributed by atoms with Crippen LogP contribution in [-0.4, -0.2) is 40.3 Å². The van der Waals surface area contributed by atoms with Crippen LogP contribution in [0.25, 0.3) is 0 Å². The molecule has 1 aliphatic rings. The van der Waals surface area contributed by atoms with Crippen molar-refractivity contribution in [2.75, 3.05) is 13.1 Å². The van der Waals surface area contributed by atoms with E-state index in [1.165, 1.54) is 4.90 Å². The van der Waals surface area contributed by atoms with Crippen molar-refractivity contribution in [1.29, 1.82) is 0 Å². The van der Waals surface area contributed by atoms with E-state index in [1.54, 1.807) is 0 Å². The van der Waals surface area contributed by atoms with Gasteiger partial charge in [-0.15, -0.1) is 0 Å². The second-order valence-electron chi connectivity index (χ2n) is 5.02. The molecule has 19 heavy (non-hydrogen) atoms.